The fraction of sp³-hybridized carbons (Fsp3) is 0.455. The zero-order valence-electron chi connectivity index (χ0n) is 15.8. The van der Waals surface area contributed by atoms with Crippen molar-refractivity contribution < 1.29 is 0 Å². The second-order valence-electron chi connectivity index (χ2n) is 8.57. The van der Waals surface area contributed by atoms with Crippen molar-refractivity contribution >= 4 is 16.9 Å². The second-order valence-corrected chi connectivity index (χ2v) is 8.57. The molecule has 2 aliphatic carbocycles. The van der Waals surface area contributed by atoms with E-state index < -0.39 is 0 Å². The van der Waals surface area contributed by atoms with Crippen LogP contribution in [0.3, 0.4) is 0 Å². The Morgan fingerprint density at radius 1 is 1.11 bits per heavy atom. The number of nitrogens with one attached hydrogen (secondary N) is 1. The molecule has 1 N–H and O–H groups in total. The standard InChI is InChI=1S/C22H23N5O/c28-21-15-8-10-22(19(15)25-20(26-21)14-6-7-14)9-3-11-27(13-22)18-12-23-16-4-1-2-5-17(16)24-18/h1-2,4-5,12,14H,3,6-11,13H2,(H,25,26,28). The molecular weight excluding hydrogens is 350 g/mol. The molecule has 6 heteroatoms. The van der Waals surface area contributed by atoms with E-state index in [-0.39, 0.29) is 11.0 Å². The summed E-state index contributed by atoms with van der Waals surface area (Å²) in [7, 11) is 0. The lowest BCUT2D eigenvalue weighted by molar-refractivity contribution is 0.332. The summed E-state index contributed by atoms with van der Waals surface area (Å²) in [5, 5.41) is 0. The number of benzene rings is 1. The molecule has 1 unspecified atom stereocenters. The highest BCUT2D eigenvalue weighted by molar-refractivity contribution is 5.75. The van der Waals surface area contributed by atoms with Gasteiger partial charge in [-0.05, 0) is 50.7 Å². The van der Waals surface area contributed by atoms with Gasteiger partial charge in [-0.25, -0.2) is 9.97 Å². The van der Waals surface area contributed by atoms with Crippen LogP contribution < -0.4 is 10.5 Å². The van der Waals surface area contributed by atoms with E-state index in [9.17, 15) is 4.79 Å². The number of piperidine rings is 1. The maximum atomic E-state index is 12.7. The van der Waals surface area contributed by atoms with Crippen molar-refractivity contribution in [1.29, 1.82) is 0 Å². The number of hydrogen-bond acceptors (Lipinski definition) is 5. The zero-order valence-corrected chi connectivity index (χ0v) is 15.8. The van der Waals surface area contributed by atoms with E-state index in [1.165, 1.54) is 0 Å². The first-order valence-electron chi connectivity index (χ1n) is 10.3. The first kappa shape index (κ1) is 16.2. The lowest BCUT2D eigenvalue weighted by Crippen LogP contribution is -2.46. The molecule has 6 nitrogen and oxygen atoms in total. The van der Waals surface area contributed by atoms with Crippen molar-refractivity contribution in [2.45, 2.75) is 49.9 Å². The van der Waals surface area contributed by atoms with E-state index in [1.807, 2.05) is 30.5 Å². The van der Waals surface area contributed by atoms with Gasteiger partial charge in [0.25, 0.3) is 5.56 Å². The van der Waals surface area contributed by atoms with Crippen LogP contribution in [-0.4, -0.2) is 33.0 Å². The van der Waals surface area contributed by atoms with Crippen molar-refractivity contribution in [3.8, 4) is 0 Å². The Balaban J connectivity index is 1.39. The van der Waals surface area contributed by atoms with Crippen molar-refractivity contribution in [3.63, 3.8) is 0 Å². The Labute approximate surface area is 163 Å². The highest BCUT2D eigenvalue weighted by Gasteiger charge is 2.45. The van der Waals surface area contributed by atoms with Gasteiger partial charge in [-0.3, -0.25) is 9.78 Å². The Bertz CT molecular complexity index is 1140. The number of fused-ring (bicyclic) bond motifs is 3. The van der Waals surface area contributed by atoms with Gasteiger partial charge in [-0.2, -0.15) is 0 Å². The number of hydrogen-bond donors (Lipinski definition) is 1. The molecule has 6 rings (SSSR count). The first-order valence-corrected chi connectivity index (χ1v) is 10.3. The Morgan fingerprint density at radius 2 is 1.96 bits per heavy atom. The topological polar surface area (TPSA) is 74.8 Å². The summed E-state index contributed by atoms with van der Waals surface area (Å²) in [6, 6.07) is 8.00. The molecule has 0 bridgehead atoms. The van der Waals surface area contributed by atoms with Gasteiger partial charge in [0, 0.05) is 30.0 Å². The SMILES string of the molecule is O=c1[nH]c(C2CC2)nc2c1CCC21CCCN(c2cnc3ccccc3n2)C1. The number of aromatic amines is 1. The highest BCUT2D eigenvalue weighted by atomic mass is 16.1. The minimum atomic E-state index is -0.0290. The summed E-state index contributed by atoms with van der Waals surface area (Å²) in [6.07, 6.45) is 8.20. The van der Waals surface area contributed by atoms with Gasteiger partial charge in [0.15, 0.2) is 0 Å². The lowest BCUT2D eigenvalue weighted by Gasteiger charge is -2.41. The minimum Gasteiger partial charge on any atom is -0.354 e. The normalized spacial score (nSPS) is 24.1. The van der Waals surface area contributed by atoms with Crippen LogP contribution >= 0.6 is 0 Å². The van der Waals surface area contributed by atoms with Crippen molar-refractivity contribution in [2.24, 2.45) is 0 Å². The third-order valence-electron chi connectivity index (χ3n) is 6.69. The summed E-state index contributed by atoms with van der Waals surface area (Å²) in [5.74, 6) is 2.30. The molecule has 3 aromatic rings. The Morgan fingerprint density at radius 3 is 2.82 bits per heavy atom. The molecule has 0 amide bonds. The van der Waals surface area contributed by atoms with Gasteiger partial charge >= 0.3 is 0 Å². The largest absolute Gasteiger partial charge is 0.354 e. The molecule has 1 aliphatic heterocycles. The number of para-hydroxylation sites is 2. The van der Waals surface area contributed by atoms with Crippen LogP contribution in [0.2, 0.25) is 0 Å². The van der Waals surface area contributed by atoms with Crippen LogP contribution in [0.4, 0.5) is 5.82 Å². The van der Waals surface area contributed by atoms with Gasteiger partial charge in [0.05, 0.1) is 22.9 Å². The molecule has 2 fully saturated rings. The third-order valence-corrected chi connectivity index (χ3v) is 6.69. The molecule has 1 saturated carbocycles. The molecule has 1 atom stereocenters. The molecule has 3 aliphatic rings. The first-order chi connectivity index (χ1) is 13.7. The fourth-order valence-electron chi connectivity index (χ4n) is 5.04. The predicted molar refractivity (Wildman–Crippen MR) is 108 cm³/mol. The van der Waals surface area contributed by atoms with E-state index in [2.05, 4.69) is 14.9 Å². The van der Waals surface area contributed by atoms with Gasteiger partial charge < -0.3 is 9.88 Å². The molecular formula is C22H23N5O. The number of nitrogens with zero attached hydrogens (tertiary/aromatic N) is 4. The molecule has 1 aromatic carbocycles. The summed E-state index contributed by atoms with van der Waals surface area (Å²) in [5.41, 5.74) is 3.89. The van der Waals surface area contributed by atoms with Crippen molar-refractivity contribution in [1.82, 2.24) is 19.9 Å². The molecule has 1 spiro atoms. The van der Waals surface area contributed by atoms with Crippen molar-refractivity contribution in [2.75, 3.05) is 18.0 Å². The van der Waals surface area contributed by atoms with Gasteiger partial charge in [-0.1, -0.05) is 12.1 Å². The number of rotatable bonds is 2. The average molecular weight is 373 g/mol. The van der Waals surface area contributed by atoms with E-state index in [0.29, 0.717) is 5.92 Å². The van der Waals surface area contributed by atoms with Gasteiger partial charge in [-0.15, -0.1) is 0 Å². The van der Waals surface area contributed by atoms with Crippen LogP contribution in [0.1, 0.15) is 55.1 Å². The van der Waals surface area contributed by atoms with Crippen LogP contribution in [0, 0.1) is 0 Å². The quantitative estimate of drug-likeness (QED) is 0.747. The molecule has 2 aromatic heterocycles. The Kier molecular flexibility index (Phi) is 3.40. The third kappa shape index (κ3) is 2.47. The molecule has 3 heterocycles. The second kappa shape index (κ2) is 5.87. The monoisotopic (exact) mass is 373 g/mol. The highest BCUT2D eigenvalue weighted by Crippen LogP contribution is 2.45. The summed E-state index contributed by atoms with van der Waals surface area (Å²) in [6.45, 7) is 1.84. The molecule has 0 radical (unpaired) electrons. The van der Waals surface area contributed by atoms with Crippen LogP contribution in [-0.2, 0) is 11.8 Å². The van der Waals surface area contributed by atoms with Crippen molar-refractivity contribution in [3.05, 3.63) is 57.9 Å². The number of anilines is 1. The maximum Gasteiger partial charge on any atom is 0.254 e. The van der Waals surface area contributed by atoms with Gasteiger partial charge in [0.1, 0.15) is 11.6 Å². The molecule has 28 heavy (non-hydrogen) atoms. The van der Waals surface area contributed by atoms with Crippen LogP contribution in [0.5, 0.6) is 0 Å². The molecule has 1 saturated heterocycles. The number of H-pyrrole nitrogens is 1. The predicted octanol–water partition coefficient (Wildman–Crippen LogP) is 3.07. The van der Waals surface area contributed by atoms with E-state index in [0.717, 1.165) is 85.5 Å². The van der Waals surface area contributed by atoms with Crippen LogP contribution in [0.25, 0.3) is 11.0 Å². The lowest BCUT2D eigenvalue weighted by atomic mass is 9.77. The van der Waals surface area contributed by atoms with Crippen LogP contribution in [0.15, 0.2) is 35.3 Å². The van der Waals surface area contributed by atoms with Gasteiger partial charge in [0.2, 0.25) is 0 Å². The van der Waals surface area contributed by atoms with E-state index in [4.69, 9.17) is 9.97 Å². The van der Waals surface area contributed by atoms with E-state index >= 15 is 0 Å². The maximum absolute atomic E-state index is 12.7. The zero-order chi connectivity index (χ0) is 18.7. The summed E-state index contributed by atoms with van der Waals surface area (Å²) >= 11 is 0. The molecule has 142 valence electrons. The minimum absolute atomic E-state index is 0.0290. The smallest absolute Gasteiger partial charge is 0.254 e. The summed E-state index contributed by atoms with van der Waals surface area (Å²) < 4.78 is 0. The fourth-order valence-corrected chi connectivity index (χ4v) is 5.04. The number of aromatic nitrogens is 4. The van der Waals surface area contributed by atoms with E-state index in [1.54, 1.807) is 0 Å². The summed E-state index contributed by atoms with van der Waals surface area (Å²) in [4.78, 5) is 32.5. The Hall–Kier alpha value is -2.76. The average Bonchev–Trinajstić information content (AvgIpc) is 3.52.